The Morgan fingerprint density at radius 2 is 1.94 bits per heavy atom. The van der Waals surface area contributed by atoms with Crippen LogP contribution in [0, 0.1) is 6.92 Å². The molecular formula is C15H20N2O. The summed E-state index contributed by atoms with van der Waals surface area (Å²) in [5.41, 5.74) is 4.04. The maximum atomic E-state index is 5.39. The smallest absolute Gasteiger partial charge is 0.0594 e. The summed E-state index contributed by atoms with van der Waals surface area (Å²) < 4.78 is 7.71. The summed E-state index contributed by atoms with van der Waals surface area (Å²) in [5.74, 6) is 0. The minimum absolute atomic E-state index is 0.864. The van der Waals surface area contributed by atoms with E-state index in [1.54, 1.807) is 0 Å². The number of benzene rings is 1. The lowest BCUT2D eigenvalue weighted by Crippen LogP contribution is -2.36. The predicted molar refractivity (Wildman–Crippen MR) is 73.8 cm³/mol. The number of hydrogen-bond acceptors (Lipinski definition) is 2. The highest BCUT2D eigenvalue weighted by atomic mass is 16.5. The summed E-state index contributed by atoms with van der Waals surface area (Å²) in [7, 11) is 2.16. The molecule has 1 aliphatic rings. The Labute approximate surface area is 108 Å². The van der Waals surface area contributed by atoms with Crippen molar-refractivity contribution in [2.24, 2.45) is 7.05 Å². The van der Waals surface area contributed by atoms with Crippen LogP contribution in [-0.4, -0.2) is 35.8 Å². The standard InChI is InChI=1S/C15H20N2O/c1-12-3-4-13-10-14(16(2)15(13)9-12)11-17-5-7-18-8-6-17/h3-4,9-10H,5-8,11H2,1-2H3. The average Bonchev–Trinajstić information content (AvgIpc) is 2.68. The Balaban J connectivity index is 1.89. The second kappa shape index (κ2) is 4.75. The van der Waals surface area contributed by atoms with E-state index in [2.05, 4.69) is 47.7 Å². The van der Waals surface area contributed by atoms with Crippen LogP contribution in [0.2, 0.25) is 0 Å². The fourth-order valence-electron chi connectivity index (χ4n) is 2.64. The molecule has 1 aromatic heterocycles. The number of aryl methyl sites for hydroxylation is 2. The molecule has 3 heteroatoms. The first kappa shape index (κ1) is 11.8. The fraction of sp³-hybridized carbons (Fsp3) is 0.467. The molecule has 0 unspecified atom stereocenters. The molecule has 1 aliphatic heterocycles. The molecule has 18 heavy (non-hydrogen) atoms. The first-order valence-corrected chi connectivity index (χ1v) is 6.59. The van der Waals surface area contributed by atoms with Gasteiger partial charge in [0.1, 0.15) is 0 Å². The second-order valence-electron chi connectivity index (χ2n) is 5.15. The van der Waals surface area contributed by atoms with Gasteiger partial charge in [-0.3, -0.25) is 4.90 Å². The van der Waals surface area contributed by atoms with Gasteiger partial charge >= 0.3 is 0 Å². The van der Waals surface area contributed by atoms with Crippen molar-refractivity contribution < 1.29 is 4.74 Å². The number of rotatable bonds is 2. The van der Waals surface area contributed by atoms with Gasteiger partial charge in [-0.25, -0.2) is 0 Å². The Bertz CT molecular complexity index is 553. The molecule has 0 amide bonds. The van der Waals surface area contributed by atoms with Gasteiger partial charge in [-0.05, 0) is 30.0 Å². The first-order valence-electron chi connectivity index (χ1n) is 6.59. The number of morpholine rings is 1. The van der Waals surface area contributed by atoms with Crippen LogP contribution in [0.4, 0.5) is 0 Å². The zero-order valence-corrected chi connectivity index (χ0v) is 11.1. The van der Waals surface area contributed by atoms with Gasteiger partial charge in [0.25, 0.3) is 0 Å². The maximum Gasteiger partial charge on any atom is 0.0594 e. The van der Waals surface area contributed by atoms with Crippen molar-refractivity contribution in [2.45, 2.75) is 13.5 Å². The van der Waals surface area contributed by atoms with Crippen molar-refractivity contribution >= 4 is 10.9 Å². The van der Waals surface area contributed by atoms with Crippen molar-refractivity contribution in [1.29, 1.82) is 0 Å². The molecule has 0 atom stereocenters. The second-order valence-corrected chi connectivity index (χ2v) is 5.15. The molecule has 2 aromatic rings. The van der Waals surface area contributed by atoms with Crippen LogP contribution in [0.5, 0.6) is 0 Å². The normalized spacial score (nSPS) is 17.4. The predicted octanol–water partition coefficient (Wildman–Crippen LogP) is 2.32. The zero-order valence-electron chi connectivity index (χ0n) is 11.1. The van der Waals surface area contributed by atoms with E-state index < -0.39 is 0 Å². The quantitative estimate of drug-likeness (QED) is 0.806. The molecule has 96 valence electrons. The van der Waals surface area contributed by atoms with Crippen molar-refractivity contribution in [2.75, 3.05) is 26.3 Å². The van der Waals surface area contributed by atoms with Gasteiger partial charge in [0.2, 0.25) is 0 Å². The summed E-state index contributed by atoms with van der Waals surface area (Å²) in [5, 5.41) is 1.34. The van der Waals surface area contributed by atoms with Crippen LogP contribution in [0.3, 0.4) is 0 Å². The SMILES string of the molecule is Cc1ccc2cc(CN3CCOCC3)n(C)c2c1. The zero-order chi connectivity index (χ0) is 12.5. The Morgan fingerprint density at radius 3 is 2.72 bits per heavy atom. The molecule has 2 heterocycles. The van der Waals surface area contributed by atoms with Crippen LogP contribution in [0.15, 0.2) is 24.3 Å². The number of fused-ring (bicyclic) bond motifs is 1. The topological polar surface area (TPSA) is 17.4 Å². The van der Waals surface area contributed by atoms with E-state index in [4.69, 9.17) is 4.74 Å². The molecular weight excluding hydrogens is 224 g/mol. The summed E-state index contributed by atoms with van der Waals surface area (Å²) in [6.45, 7) is 6.98. The van der Waals surface area contributed by atoms with Gasteiger partial charge < -0.3 is 9.30 Å². The van der Waals surface area contributed by atoms with Crippen molar-refractivity contribution in [1.82, 2.24) is 9.47 Å². The highest BCUT2D eigenvalue weighted by molar-refractivity contribution is 5.81. The fourth-order valence-corrected chi connectivity index (χ4v) is 2.64. The van der Waals surface area contributed by atoms with Crippen LogP contribution >= 0.6 is 0 Å². The van der Waals surface area contributed by atoms with Crippen molar-refractivity contribution in [3.05, 3.63) is 35.5 Å². The summed E-state index contributed by atoms with van der Waals surface area (Å²) >= 11 is 0. The molecule has 1 saturated heterocycles. The molecule has 1 fully saturated rings. The molecule has 0 bridgehead atoms. The van der Waals surface area contributed by atoms with E-state index in [1.165, 1.54) is 22.2 Å². The van der Waals surface area contributed by atoms with Crippen LogP contribution in [-0.2, 0) is 18.3 Å². The van der Waals surface area contributed by atoms with Crippen LogP contribution in [0.1, 0.15) is 11.3 Å². The molecule has 0 aliphatic carbocycles. The molecule has 0 radical (unpaired) electrons. The molecule has 0 saturated carbocycles. The van der Waals surface area contributed by atoms with Gasteiger partial charge in [-0.2, -0.15) is 0 Å². The minimum Gasteiger partial charge on any atom is -0.379 e. The Morgan fingerprint density at radius 1 is 1.17 bits per heavy atom. The van der Waals surface area contributed by atoms with E-state index in [-0.39, 0.29) is 0 Å². The number of aromatic nitrogens is 1. The van der Waals surface area contributed by atoms with E-state index in [1.807, 2.05) is 0 Å². The average molecular weight is 244 g/mol. The van der Waals surface area contributed by atoms with Gasteiger partial charge in [0.15, 0.2) is 0 Å². The molecule has 3 nitrogen and oxygen atoms in total. The van der Waals surface area contributed by atoms with E-state index >= 15 is 0 Å². The van der Waals surface area contributed by atoms with Gasteiger partial charge in [-0.15, -0.1) is 0 Å². The Kier molecular flexibility index (Phi) is 3.10. The lowest BCUT2D eigenvalue weighted by Gasteiger charge is -2.26. The highest BCUT2D eigenvalue weighted by Crippen LogP contribution is 2.21. The summed E-state index contributed by atoms with van der Waals surface area (Å²) in [6.07, 6.45) is 0. The van der Waals surface area contributed by atoms with Crippen LogP contribution in [0.25, 0.3) is 10.9 Å². The van der Waals surface area contributed by atoms with Gasteiger partial charge in [-0.1, -0.05) is 12.1 Å². The summed E-state index contributed by atoms with van der Waals surface area (Å²) in [6, 6.07) is 8.97. The van der Waals surface area contributed by atoms with Gasteiger partial charge in [0.05, 0.1) is 13.2 Å². The molecule has 3 rings (SSSR count). The van der Waals surface area contributed by atoms with Crippen molar-refractivity contribution in [3.8, 4) is 0 Å². The maximum absolute atomic E-state index is 5.39. The monoisotopic (exact) mass is 244 g/mol. The highest BCUT2D eigenvalue weighted by Gasteiger charge is 2.13. The molecule has 1 aromatic carbocycles. The third-order valence-corrected chi connectivity index (χ3v) is 3.79. The Hall–Kier alpha value is -1.32. The number of hydrogen-bond donors (Lipinski definition) is 0. The summed E-state index contributed by atoms with van der Waals surface area (Å²) in [4.78, 5) is 2.46. The lowest BCUT2D eigenvalue weighted by atomic mass is 10.2. The minimum atomic E-state index is 0.864. The molecule has 0 N–H and O–H groups in total. The third-order valence-electron chi connectivity index (χ3n) is 3.79. The van der Waals surface area contributed by atoms with E-state index in [9.17, 15) is 0 Å². The molecule has 0 spiro atoms. The largest absolute Gasteiger partial charge is 0.379 e. The van der Waals surface area contributed by atoms with Crippen molar-refractivity contribution in [3.63, 3.8) is 0 Å². The first-order chi connectivity index (χ1) is 8.74. The third kappa shape index (κ3) is 2.16. The lowest BCUT2D eigenvalue weighted by molar-refractivity contribution is 0.0333. The van der Waals surface area contributed by atoms with Crippen LogP contribution < -0.4 is 0 Å². The van der Waals surface area contributed by atoms with E-state index in [0.717, 1.165) is 32.8 Å². The number of ether oxygens (including phenoxy) is 1. The van der Waals surface area contributed by atoms with Gasteiger partial charge in [0, 0.05) is 37.9 Å². The van der Waals surface area contributed by atoms with E-state index in [0.29, 0.717) is 0 Å². The number of nitrogens with zero attached hydrogens (tertiary/aromatic N) is 2.